The van der Waals surface area contributed by atoms with Gasteiger partial charge in [0.15, 0.2) is 5.01 Å². The van der Waals surface area contributed by atoms with Gasteiger partial charge in [-0.2, -0.15) is 5.10 Å². The molecule has 3 heterocycles. The summed E-state index contributed by atoms with van der Waals surface area (Å²) in [6, 6.07) is 11.5. The van der Waals surface area contributed by atoms with Crippen LogP contribution in [-0.4, -0.2) is 33.9 Å². The van der Waals surface area contributed by atoms with Crippen LogP contribution in [0.3, 0.4) is 0 Å². The Balaban J connectivity index is 1.30. The number of nitrogens with zero attached hydrogens (tertiary/aromatic N) is 3. The predicted octanol–water partition coefficient (Wildman–Crippen LogP) is 5.01. The minimum absolute atomic E-state index is 0.181. The van der Waals surface area contributed by atoms with E-state index in [1.54, 1.807) is 13.2 Å². The van der Waals surface area contributed by atoms with Crippen molar-refractivity contribution in [1.82, 2.24) is 14.8 Å². The maximum absolute atomic E-state index is 12.5. The first-order chi connectivity index (χ1) is 16.9. The highest BCUT2D eigenvalue weighted by molar-refractivity contribution is 7.27. The zero-order valence-electron chi connectivity index (χ0n) is 19.3. The number of ether oxygens (including phenoxy) is 2. The Hall–Kier alpha value is -3.68. The zero-order chi connectivity index (χ0) is 24.6. The van der Waals surface area contributed by atoms with Crippen molar-refractivity contribution in [2.45, 2.75) is 31.3 Å². The summed E-state index contributed by atoms with van der Waals surface area (Å²) in [6.45, 7) is 1.81. The van der Waals surface area contributed by atoms with Crippen LogP contribution in [0.25, 0.3) is 9.53 Å². The highest BCUT2D eigenvalue weighted by Gasteiger charge is 2.53. The third-order valence-electron chi connectivity index (χ3n) is 5.90. The summed E-state index contributed by atoms with van der Waals surface area (Å²) in [7, 11) is 3.15. The zero-order valence-corrected chi connectivity index (χ0v) is 21.0. The summed E-state index contributed by atoms with van der Waals surface area (Å²) in [5.41, 5.74) is 0.964. The van der Waals surface area contributed by atoms with Crippen molar-refractivity contribution < 1.29 is 19.1 Å². The molecule has 0 spiro atoms. The first-order valence-electron chi connectivity index (χ1n) is 11.0. The molecule has 1 amide bonds. The van der Waals surface area contributed by atoms with Gasteiger partial charge in [0, 0.05) is 11.9 Å². The molecule has 1 fully saturated rings. The van der Waals surface area contributed by atoms with Crippen molar-refractivity contribution >= 4 is 50.1 Å². The third kappa shape index (κ3) is 4.52. The summed E-state index contributed by atoms with van der Waals surface area (Å²) in [5.74, 6) is 6.38. The molecule has 1 saturated carbocycles. The van der Waals surface area contributed by atoms with Crippen LogP contribution < -0.4 is 5.32 Å². The lowest BCUT2D eigenvalue weighted by molar-refractivity contribution is -0.143. The number of benzene rings is 1. The Morgan fingerprint density at radius 3 is 2.66 bits per heavy atom. The molecule has 35 heavy (non-hydrogen) atoms. The van der Waals surface area contributed by atoms with Gasteiger partial charge in [0.05, 0.1) is 23.6 Å². The van der Waals surface area contributed by atoms with E-state index in [9.17, 15) is 9.59 Å². The average molecular weight is 507 g/mol. The van der Waals surface area contributed by atoms with Crippen LogP contribution in [-0.2, 0) is 26.7 Å². The standard InChI is InChI=1S/C25H22N4O4S2/c1-15(16-7-5-4-6-8-16)33-24(31)28-21-17(14-26-29(21)2)9-10-20-27-22-18(34-20)13-19(35-22)25(11-12-25)23(30)32-3/h4-8,13-15H,11-12H2,1-3H3,(H,28,31). The first-order valence-corrected chi connectivity index (χ1v) is 12.6. The molecule has 5 rings (SSSR count). The number of anilines is 1. The van der Waals surface area contributed by atoms with E-state index < -0.39 is 17.6 Å². The van der Waals surface area contributed by atoms with Crippen LogP contribution in [0.1, 0.15) is 46.9 Å². The van der Waals surface area contributed by atoms with Gasteiger partial charge in [-0.05, 0) is 37.3 Å². The summed E-state index contributed by atoms with van der Waals surface area (Å²) in [6.07, 6.45) is 2.22. The van der Waals surface area contributed by atoms with Crippen molar-refractivity contribution in [3.05, 3.63) is 63.6 Å². The molecule has 0 saturated heterocycles. The molecular weight excluding hydrogens is 484 g/mol. The molecule has 1 aliphatic carbocycles. The van der Waals surface area contributed by atoms with E-state index in [-0.39, 0.29) is 5.97 Å². The van der Waals surface area contributed by atoms with Gasteiger partial charge < -0.3 is 9.47 Å². The van der Waals surface area contributed by atoms with Crippen LogP contribution in [0.4, 0.5) is 10.6 Å². The van der Waals surface area contributed by atoms with Gasteiger partial charge >= 0.3 is 12.1 Å². The summed E-state index contributed by atoms with van der Waals surface area (Å²) in [5, 5.41) is 7.60. The Kier molecular flexibility index (Phi) is 6.05. The van der Waals surface area contributed by atoms with Gasteiger partial charge in [-0.25, -0.2) is 9.78 Å². The van der Waals surface area contributed by atoms with Gasteiger partial charge in [0.1, 0.15) is 22.2 Å². The second-order valence-electron chi connectivity index (χ2n) is 8.24. The molecule has 3 aromatic heterocycles. The topological polar surface area (TPSA) is 95.3 Å². The maximum atomic E-state index is 12.5. The Bertz CT molecular complexity index is 1440. The maximum Gasteiger partial charge on any atom is 0.413 e. The Labute approximate surface area is 209 Å². The molecule has 1 atom stereocenters. The van der Waals surface area contributed by atoms with E-state index in [0.29, 0.717) is 16.4 Å². The number of fused-ring (bicyclic) bond motifs is 1. The molecule has 178 valence electrons. The van der Waals surface area contributed by atoms with Gasteiger partial charge in [-0.1, -0.05) is 36.3 Å². The van der Waals surface area contributed by atoms with E-state index in [1.807, 2.05) is 43.3 Å². The second kappa shape index (κ2) is 9.17. The number of nitrogens with one attached hydrogen (secondary N) is 1. The molecule has 10 heteroatoms. The second-order valence-corrected chi connectivity index (χ2v) is 10.3. The molecular formula is C25H22N4O4S2. The number of carbonyl (C=O) groups is 2. The van der Waals surface area contributed by atoms with Crippen molar-refractivity contribution in [2.75, 3.05) is 12.4 Å². The van der Waals surface area contributed by atoms with Crippen LogP contribution in [0.2, 0.25) is 0 Å². The summed E-state index contributed by atoms with van der Waals surface area (Å²) in [4.78, 5) is 31.1. The van der Waals surface area contributed by atoms with Gasteiger partial charge in [0.25, 0.3) is 0 Å². The van der Waals surface area contributed by atoms with Crippen molar-refractivity contribution in [2.24, 2.45) is 7.05 Å². The number of rotatable bonds is 5. The number of aromatic nitrogens is 3. The first kappa shape index (κ1) is 23.1. The fraction of sp³-hybridized carbons (Fsp3) is 0.280. The molecule has 1 unspecified atom stereocenters. The monoisotopic (exact) mass is 506 g/mol. The van der Waals surface area contributed by atoms with Crippen molar-refractivity contribution in [1.29, 1.82) is 0 Å². The lowest BCUT2D eigenvalue weighted by atomic mass is 10.1. The molecule has 0 bridgehead atoms. The molecule has 8 nitrogen and oxygen atoms in total. The van der Waals surface area contributed by atoms with Crippen LogP contribution >= 0.6 is 22.7 Å². The molecule has 4 aromatic rings. The van der Waals surface area contributed by atoms with Crippen LogP contribution in [0.5, 0.6) is 0 Å². The number of thiophene rings is 1. The molecule has 0 radical (unpaired) electrons. The predicted molar refractivity (Wildman–Crippen MR) is 135 cm³/mol. The fourth-order valence-corrected chi connectivity index (χ4v) is 6.08. The van der Waals surface area contributed by atoms with Crippen molar-refractivity contribution in [3.63, 3.8) is 0 Å². The fourth-order valence-electron chi connectivity index (χ4n) is 3.77. The summed E-state index contributed by atoms with van der Waals surface area (Å²) < 4.78 is 13.0. The number of esters is 1. The number of hydrogen-bond donors (Lipinski definition) is 1. The number of thiazole rings is 1. The Morgan fingerprint density at radius 1 is 1.20 bits per heavy atom. The number of methoxy groups -OCH3 is 1. The minimum Gasteiger partial charge on any atom is -0.468 e. The van der Waals surface area contributed by atoms with Crippen LogP contribution in [0.15, 0.2) is 42.6 Å². The van der Waals surface area contributed by atoms with Gasteiger partial charge in [0.2, 0.25) is 0 Å². The van der Waals surface area contributed by atoms with E-state index >= 15 is 0 Å². The number of hydrogen-bond acceptors (Lipinski definition) is 8. The Morgan fingerprint density at radius 2 is 1.97 bits per heavy atom. The SMILES string of the molecule is COC(=O)C1(c2cc3sc(C#Cc4cnn(C)c4NC(=O)OC(C)c4ccccc4)nc3s2)CC1. The third-order valence-corrected chi connectivity index (χ3v) is 8.18. The minimum atomic E-state index is -0.588. The lowest BCUT2D eigenvalue weighted by Gasteiger charge is -2.14. The quantitative estimate of drug-likeness (QED) is 0.302. The average Bonchev–Trinajstić information content (AvgIpc) is 3.28. The normalized spacial score (nSPS) is 14.6. The van der Waals surface area contributed by atoms with E-state index in [4.69, 9.17) is 9.47 Å². The van der Waals surface area contributed by atoms with Crippen LogP contribution in [0, 0.1) is 11.8 Å². The van der Waals surface area contributed by atoms with Gasteiger partial charge in [-0.15, -0.1) is 22.7 Å². The smallest absolute Gasteiger partial charge is 0.413 e. The highest BCUT2D eigenvalue weighted by Crippen LogP contribution is 2.52. The number of aryl methyl sites for hydroxylation is 1. The van der Waals surface area contributed by atoms with E-state index in [1.165, 1.54) is 34.5 Å². The largest absolute Gasteiger partial charge is 0.468 e. The molecule has 1 aromatic carbocycles. The van der Waals surface area contributed by atoms with E-state index in [0.717, 1.165) is 32.8 Å². The van der Waals surface area contributed by atoms with E-state index in [2.05, 4.69) is 27.2 Å². The molecule has 0 aliphatic heterocycles. The molecule has 1 N–H and O–H groups in total. The number of carbonyl (C=O) groups excluding carboxylic acids is 2. The number of amides is 1. The lowest BCUT2D eigenvalue weighted by Crippen LogP contribution is -2.20. The highest BCUT2D eigenvalue weighted by atomic mass is 32.1. The molecule has 1 aliphatic rings. The summed E-state index contributed by atoms with van der Waals surface area (Å²) >= 11 is 2.98. The van der Waals surface area contributed by atoms with Gasteiger partial charge in [-0.3, -0.25) is 14.8 Å². The van der Waals surface area contributed by atoms with Crippen molar-refractivity contribution in [3.8, 4) is 11.8 Å².